The fourth-order valence-corrected chi connectivity index (χ4v) is 5.56. The number of sulfonamides is 1. The van der Waals surface area contributed by atoms with E-state index < -0.39 is 16.1 Å². The summed E-state index contributed by atoms with van der Waals surface area (Å²) in [6.45, 7) is 1.82. The number of aliphatic hydroxyl groups is 1. The van der Waals surface area contributed by atoms with Gasteiger partial charge in [-0.3, -0.25) is 9.10 Å². The van der Waals surface area contributed by atoms with Gasteiger partial charge < -0.3 is 10.0 Å². The molecule has 1 aromatic carbocycles. The van der Waals surface area contributed by atoms with Gasteiger partial charge in [-0.15, -0.1) is 0 Å². The van der Waals surface area contributed by atoms with Crippen LogP contribution in [0.1, 0.15) is 32.6 Å². The number of para-hydroxylation sites is 1. The second-order valence-corrected chi connectivity index (χ2v) is 9.08. The van der Waals surface area contributed by atoms with E-state index in [0.29, 0.717) is 5.69 Å². The molecule has 2 saturated heterocycles. The zero-order chi connectivity index (χ0) is 18.2. The van der Waals surface area contributed by atoms with Crippen LogP contribution in [0.15, 0.2) is 30.3 Å². The minimum Gasteiger partial charge on any atom is -0.396 e. The maximum absolute atomic E-state index is 13.2. The molecule has 0 radical (unpaired) electrons. The lowest BCUT2D eigenvalue weighted by Crippen LogP contribution is -2.55. The Bertz CT molecular complexity index is 708. The topological polar surface area (TPSA) is 77.9 Å². The second kappa shape index (κ2) is 6.96. The van der Waals surface area contributed by atoms with Gasteiger partial charge in [-0.25, -0.2) is 8.42 Å². The van der Waals surface area contributed by atoms with Crippen LogP contribution in [0, 0.1) is 5.92 Å². The van der Waals surface area contributed by atoms with Crippen molar-refractivity contribution < 1.29 is 18.3 Å². The Morgan fingerprint density at radius 3 is 2.28 bits per heavy atom. The fourth-order valence-electron chi connectivity index (χ4n) is 4.39. The summed E-state index contributed by atoms with van der Waals surface area (Å²) in [5.41, 5.74) is 0.503. The molecule has 2 aliphatic heterocycles. The highest BCUT2D eigenvalue weighted by Crippen LogP contribution is 2.39. The van der Waals surface area contributed by atoms with Crippen molar-refractivity contribution in [2.75, 3.05) is 17.2 Å². The predicted molar refractivity (Wildman–Crippen MR) is 96.7 cm³/mol. The minimum atomic E-state index is -3.59. The van der Waals surface area contributed by atoms with Crippen LogP contribution in [0.4, 0.5) is 5.69 Å². The summed E-state index contributed by atoms with van der Waals surface area (Å²) in [4.78, 5) is 15.1. The van der Waals surface area contributed by atoms with E-state index in [4.69, 9.17) is 0 Å². The van der Waals surface area contributed by atoms with Crippen LogP contribution in [0.2, 0.25) is 0 Å². The molecule has 2 bridgehead atoms. The lowest BCUT2D eigenvalue weighted by molar-refractivity contribution is -0.137. The minimum absolute atomic E-state index is 0.114. The molecule has 25 heavy (non-hydrogen) atoms. The van der Waals surface area contributed by atoms with Crippen LogP contribution in [0.5, 0.6) is 0 Å². The summed E-state index contributed by atoms with van der Waals surface area (Å²) in [6.07, 6.45) is 4.61. The molecule has 2 aliphatic rings. The van der Waals surface area contributed by atoms with Crippen molar-refractivity contribution in [3.63, 3.8) is 0 Å². The van der Waals surface area contributed by atoms with Crippen molar-refractivity contribution in [2.24, 2.45) is 5.92 Å². The van der Waals surface area contributed by atoms with Gasteiger partial charge in [0, 0.05) is 18.7 Å². The second-order valence-electron chi connectivity index (χ2n) is 7.22. The summed E-state index contributed by atoms with van der Waals surface area (Å²) in [6, 6.07) is 8.20. The Morgan fingerprint density at radius 1 is 1.24 bits per heavy atom. The SMILES string of the molecule is CC(C(=O)N1[C@@H]2CC[C@H]1CC(CO)C2)N(c1ccccc1)S(C)(=O)=O. The summed E-state index contributed by atoms with van der Waals surface area (Å²) in [7, 11) is -3.59. The monoisotopic (exact) mass is 366 g/mol. The van der Waals surface area contributed by atoms with Gasteiger partial charge in [-0.2, -0.15) is 0 Å². The van der Waals surface area contributed by atoms with Crippen LogP contribution >= 0.6 is 0 Å². The van der Waals surface area contributed by atoms with Gasteiger partial charge in [0.15, 0.2) is 0 Å². The molecule has 1 amide bonds. The molecule has 2 unspecified atom stereocenters. The standard InChI is InChI=1S/C18H26N2O4S/c1-13(20(25(2,23)24)15-6-4-3-5-7-15)18(22)19-16-8-9-17(19)11-14(10-16)12-21/h3-7,13-14,16-17,21H,8-12H2,1-2H3/t13?,14?,16-,17+. The van der Waals surface area contributed by atoms with Crippen LogP contribution in [-0.4, -0.2) is 55.3 Å². The van der Waals surface area contributed by atoms with Gasteiger partial charge in [0.2, 0.25) is 15.9 Å². The summed E-state index contributed by atoms with van der Waals surface area (Å²) in [5, 5.41) is 9.44. The molecule has 0 spiro atoms. The van der Waals surface area contributed by atoms with E-state index in [9.17, 15) is 18.3 Å². The Morgan fingerprint density at radius 2 is 1.80 bits per heavy atom. The number of benzene rings is 1. The van der Waals surface area contributed by atoms with Gasteiger partial charge in [0.1, 0.15) is 6.04 Å². The van der Waals surface area contributed by atoms with E-state index in [0.717, 1.165) is 31.9 Å². The quantitative estimate of drug-likeness (QED) is 0.859. The van der Waals surface area contributed by atoms with Crippen molar-refractivity contribution in [1.29, 1.82) is 0 Å². The molecule has 138 valence electrons. The normalized spacial score (nSPS) is 27.2. The highest BCUT2D eigenvalue weighted by Gasteiger charge is 2.45. The third-order valence-corrected chi connectivity index (χ3v) is 6.66. The van der Waals surface area contributed by atoms with Crippen LogP contribution < -0.4 is 4.31 Å². The third kappa shape index (κ3) is 3.53. The van der Waals surface area contributed by atoms with E-state index in [1.54, 1.807) is 31.2 Å². The first-order valence-electron chi connectivity index (χ1n) is 8.80. The molecular formula is C18H26N2O4S. The van der Waals surface area contributed by atoms with E-state index >= 15 is 0 Å². The first-order valence-corrected chi connectivity index (χ1v) is 10.6. The highest BCUT2D eigenvalue weighted by atomic mass is 32.2. The lowest BCUT2D eigenvalue weighted by atomic mass is 9.91. The smallest absolute Gasteiger partial charge is 0.246 e. The fraction of sp³-hybridized carbons (Fsp3) is 0.611. The number of aliphatic hydroxyl groups excluding tert-OH is 1. The Hall–Kier alpha value is -1.60. The maximum atomic E-state index is 13.2. The number of carbonyl (C=O) groups is 1. The maximum Gasteiger partial charge on any atom is 0.246 e. The van der Waals surface area contributed by atoms with Gasteiger partial charge in [-0.05, 0) is 50.7 Å². The molecule has 2 heterocycles. The number of hydrogen-bond acceptors (Lipinski definition) is 4. The van der Waals surface area contributed by atoms with Crippen LogP contribution in [0.25, 0.3) is 0 Å². The van der Waals surface area contributed by atoms with Gasteiger partial charge in [-0.1, -0.05) is 18.2 Å². The van der Waals surface area contributed by atoms with E-state index in [1.807, 2.05) is 11.0 Å². The predicted octanol–water partition coefficient (Wildman–Crippen LogP) is 1.60. The molecule has 0 aliphatic carbocycles. The number of carbonyl (C=O) groups excluding carboxylic acids is 1. The molecule has 0 aromatic heterocycles. The number of piperidine rings is 1. The molecule has 0 saturated carbocycles. The van der Waals surface area contributed by atoms with E-state index in [2.05, 4.69) is 0 Å². The van der Waals surface area contributed by atoms with Crippen LogP contribution in [-0.2, 0) is 14.8 Å². The summed E-state index contributed by atoms with van der Waals surface area (Å²) >= 11 is 0. The van der Waals surface area contributed by atoms with Crippen molar-refractivity contribution in [3.05, 3.63) is 30.3 Å². The van der Waals surface area contributed by atoms with Crippen molar-refractivity contribution in [2.45, 2.75) is 50.7 Å². The van der Waals surface area contributed by atoms with Crippen molar-refractivity contribution in [3.8, 4) is 0 Å². The zero-order valence-electron chi connectivity index (χ0n) is 14.7. The first-order chi connectivity index (χ1) is 11.8. The number of nitrogens with zero attached hydrogens (tertiary/aromatic N) is 2. The number of hydrogen-bond donors (Lipinski definition) is 1. The van der Waals surface area contributed by atoms with E-state index in [1.165, 1.54) is 4.31 Å². The summed E-state index contributed by atoms with van der Waals surface area (Å²) < 4.78 is 25.9. The molecule has 4 atom stereocenters. The Labute approximate surface area is 149 Å². The lowest BCUT2D eigenvalue weighted by Gasteiger charge is -2.41. The first kappa shape index (κ1) is 18.2. The molecule has 1 N–H and O–H groups in total. The summed E-state index contributed by atoms with van der Waals surface area (Å²) in [5.74, 6) is 0.107. The van der Waals surface area contributed by atoms with Crippen molar-refractivity contribution in [1.82, 2.24) is 4.90 Å². The molecule has 2 fully saturated rings. The molecular weight excluding hydrogens is 340 g/mol. The average molecular weight is 366 g/mol. The van der Waals surface area contributed by atoms with Gasteiger partial charge in [0.05, 0.1) is 11.9 Å². The number of anilines is 1. The average Bonchev–Trinajstić information content (AvgIpc) is 2.83. The molecule has 3 rings (SSSR count). The molecule has 6 nitrogen and oxygen atoms in total. The number of amides is 1. The third-order valence-electron chi connectivity index (χ3n) is 5.42. The highest BCUT2D eigenvalue weighted by molar-refractivity contribution is 7.92. The van der Waals surface area contributed by atoms with Gasteiger partial charge >= 0.3 is 0 Å². The van der Waals surface area contributed by atoms with Crippen molar-refractivity contribution >= 4 is 21.6 Å². The Kier molecular flexibility index (Phi) is 5.06. The molecule has 7 heteroatoms. The zero-order valence-corrected chi connectivity index (χ0v) is 15.5. The number of fused-ring (bicyclic) bond motifs is 2. The van der Waals surface area contributed by atoms with Crippen LogP contribution in [0.3, 0.4) is 0 Å². The van der Waals surface area contributed by atoms with E-state index in [-0.39, 0.29) is 30.5 Å². The Balaban J connectivity index is 1.86. The van der Waals surface area contributed by atoms with Gasteiger partial charge in [0.25, 0.3) is 0 Å². The number of rotatable bonds is 5. The molecule has 1 aromatic rings. The largest absolute Gasteiger partial charge is 0.396 e.